The van der Waals surface area contributed by atoms with E-state index >= 15 is 0 Å². The van der Waals surface area contributed by atoms with Gasteiger partial charge < -0.3 is 19.5 Å². The van der Waals surface area contributed by atoms with E-state index in [0.29, 0.717) is 13.1 Å². The molecule has 2 rings (SSSR count). The molecule has 0 aromatic heterocycles. The first-order valence-electron chi connectivity index (χ1n) is 5.86. The largest absolute Gasteiger partial charge is 0.497 e. The zero-order valence-corrected chi connectivity index (χ0v) is 10.3. The number of ether oxygens (including phenoxy) is 2. The third-order valence-corrected chi connectivity index (χ3v) is 2.93. The molecule has 0 aliphatic carbocycles. The molecule has 1 fully saturated rings. The van der Waals surface area contributed by atoms with Crippen molar-refractivity contribution in [3.05, 3.63) is 29.8 Å². The number of benzene rings is 1. The van der Waals surface area contributed by atoms with E-state index in [1.165, 1.54) is 0 Å². The highest BCUT2D eigenvalue weighted by atomic mass is 16.5. The molecule has 1 aromatic carbocycles. The average Bonchev–Trinajstić information content (AvgIpc) is 2.41. The molecule has 1 aliphatic heterocycles. The lowest BCUT2D eigenvalue weighted by Crippen LogP contribution is -2.47. The van der Waals surface area contributed by atoms with Crippen LogP contribution in [0.3, 0.4) is 0 Å². The zero-order chi connectivity index (χ0) is 13.0. The van der Waals surface area contributed by atoms with E-state index in [2.05, 4.69) is 0 Å². The first-order valence-corrected chi connectivity index (χ1v) is 5.86. The first kappa shape index (κ1) is 12.9. The number of aliphatic hydroxyl groups is 1. The van der Waals surface area contributed by atoms with Gasteiger partial charge in [0.25, 0.3) is 0 Å². The Kier molecular flexibility index (Phi) is 4.17. The predicted octanol–water partition coefficient (Wildman–Crippen LogP) is 0.415. The van der Waals surface area contributed by atoms with Gasteiger partial charge in [-0.15, -0.1) is 0 Å². The summed E-state index contributed by atoms with van der Waals surface area (Å²) in [6.07, 6.45) is -0.284. The maximum atomic E-state index is 11.7. The maximum absolute atomic E-state index is 11.7. The molecule has 0 spiro atoms. The van der Waals surface area contributed by atoms with Crippen LogP contribution in [0.25, 0.3) is 0 Å². The second kappa shape index (κ2) is 5.84. The van der Waals surface area contributed by atoms with Gasteiger partial charge in [-0.05, 0) is 17.7 Å². The van der Waals surface area contributed by atoms with Crippen molar-refractivity contribution in [1.82, 2.24) is 4.90 Å². The third kappa shape index (κ3) is 3.00. The summed E-state index contributed by atoms with van der Waals surface area (Å²) >= 11 is 0. The highest BCUT2D eigenvalue weighted by molar-refractivity contribution is 5.78. The van der Waals surface area contributed by atoms with E-state index in [0.717, 1.165) is 11.3 Å². The van der Waals surface area contributed by atoms with Crippen LogP contribution in [-0.2, 0) is 16.1 Å². The van der Waals surface area contributed by atoms with Gasteiger partial charge in [-0.1, -0.05) is 12.1 Å². The summed E-state index contributed by atoms with van der Waals surface area (Å²) < 4.78 is 10.3. The summed E-state index contributed by atoms with van der Waals surface area (Å²) in [5.41, 5.74) is 1.00. The van der Waals surface area contributed by atoms with Crippen LogP contribution in [0.5, 0.6) is 5.75 Å². The minimum Gasteiger partial charge on any atom is -0.497 e. The molecule has 1 atom stereocenters. The summed E-state index contributed by atoms with van der Waals surface area (Å²) in [5.74, 6) is 0.717. The van der Waals surface area contributed by atoms with Crippen LogP contribution >= 0.6 is 0 Å². The molecule has 1 unspecified atom stereocenters. The van der Waals surface area contributed by atoms with Crippen LogP contribution in [0.1, 0.15) is 5.56 Å². The van der Waals surface area contributed by atoms with Gasteiger partial charge in [0.15, 0.2) is 0 Å². The lowest BCUT2D eigenvalue weighted by molar-refractivity contribution is -0.151. The van der Waals surface area contributed by atoms with Crippen molar-refractivity contribution in [2.24, 2.45) is 0 Å². The van der Waals surface area contributed by atoms with Crippen molar-refractivity contribution >= 4 is 5.91 Å². The van der Waals surface area contributed by atoms with E-state index in [9.17, 15) is 4.79 Å². The van der Waals surface area contributed by atoms with Crippen LogP contribution in [0.4, 0.5) is 0 Å². The van der Waals surface area contributed by atoms with Gasteiger partial charge in [0.2, 0.25) is 5.91 Å². The van der Waals surface area contributed by atoms with Crippen LogP contribution in [0.2, 0.25) is 0 Å². The summed E-state index contributed by atoms with van der Waals surface area (Å²) in [6.45, 7) is 0.902. The Hall–Kier alpha value is -1.59. The van der Waals surface area contributed by atoms with Crippen molar-refractivity contribution < 1.29 is 19.4 Å². The minimum absolute atomic E-state index is 0.0369. The van der Waals surface area contributed by atoms with E-state index < -0.39 is 0 Å². The smallest absolute Gasteiger partial charge is 0.248 e. The number of aliphatic hydroxyl groups excluding tert-OH is 1. The van der Waals surface area contributed by atoms with Crippen molar-refractivity contribution in [1.29, 1.82) is 0 Å². The number of methoxy groups -OCH3 is 1. The molecule has 1 heterocycles. The highest BCUT2D eigenvalue weighted by Crippen LogP contribution is 2.16. The summed E-state index contributed by atoms with van der Waals surface area (Å²) in [6, 6.07) is 7.60. The highest BCUT2D eigenvalue weighted by Gasteiger charge is 2.25. The molecule has 0 radical (unpaired) electrons. The molecule has 1 saturated heterocycles. The lowest BCUT2D eigenvalue weighted by Gasteiger charge is -2.31. The number of amides is 1. The van der Waals surface area contributed by atoms with E-state index in [1.807, 2.05) is 24.3 Å². The molecular formula is C13H17NO4. The number of carbonyl (C=O) groups is 1. The van der Waals surface area contributed by atoms with Gasteiger partial charge >= 0.3 is 0 Å². The predicted molar refractivity (Wildman–Crippen MR) is 65.2 cm³/mol. The summed E-state index contributed by atoms with van der Waals surface area (Å²) in [4.78, 5) is 13.4. The van der Waals surface area contributed by atoms with Gasteiger partial charge in [0.1, 0.15) is 12.4 Å². The Morgan fingerprint density at radius 2 is 2.39 bits per heavy atom. The number of rotatable bonds is 4. The Balaban J connectivity index is 2.04. The fourth-order valence-electron chi connectivity index (χ4n) is 1.94. The average molecular weight is 251 g/mol. The third-order valence-electron chi connectivity index (χ3n) is 2.93. The fourth-order valence-corrected chi connectivity index (χ4v) is 1.94. The maximum Gasteiger partial charge on any atom is 0.248 e. The van der Waals surface area contributed by atoms with Gasteiger partial charge in [0, 0.05) is 13.1 Å². The van der Waals surface area contributed by atoms with Crippen molar-refractivity contribution in [2.75, 3.05) is 26.9 Å². The molecule has 1 aromatic rings. The molecule has 1 amide bonds. The molecule has 0 saturated carbocycles. The first-order chi connectivity index (χ1) is 8.72. The van der Waals surface area contributed by atoms with Crippen LogP contribution in [-0.4, -0.2) is 48.9 Å². The second-order valence-corrected chi connectivity index (χ2v) is 4.24. The second-order valence-electron chi connectivity index (χ2n) is 4.24. The number of nitrogens with zero attached hydrogens (tertiary/aromatic N) is 1. The Morgan fingerprint density at radius 3 is 3.11 bits per heavy atom. The topological polar surface area (TPSA) is 59.0 Å². The standard InChI is InChI=1S/C13H17NO4/c1-17-11-4-2-3-10(5-11)6-14-7-12(8-15)18-9-13(14)16/h2-5,12,15H,6-9H2,1H3. The van der Waals surface area contributed by atoms with Gasteiger partial charge in [-0.2, -0.15) is 0 Å². The van der Waals surface area contributed by atoms with Gasteiger partial charge in [-0.25, -0.2) is 0 Å². The molecule has 1 N–H and O–H groups in total. The molecule has 1 aliphatic rings. The number of hydrogen-bond donors (Lipinski definition) is 1. The van der Waals surface area contributed by atoms with Crippen LogP contribution in [0, 0.1) is 0 Å². The SMILES string of the molecule is COc1cccc(CN2CC(CO)OCC2=O)c1. The van der Waals surface area contributed by atoms with Crippen molar-refractivity contribution in [3.8, 4) is 5.75 Å². The molecule has 5 nitrogen and oxygen atoms in total. The molecule has 18 heavy (non-hydrogen) atoms. The molecule has 98 valence electrons. The number of carbonyl (C=O) groups excluding carboxylic acids is 1. The molecular weight excluding hydrogens is 234 g/mol. The molecule has 0 bridgehead atoms. The molecule has 5 heteroatoms. The number of hydrogen-bond acceptors (Lipinski definition) is 4. The fraction of sp³-hybridized carbons (Fsp3) is 0.462. The Bertz CT molecular complexity index is 421. The van der Waals surface area contributed by atoms with E-state index in [-0.39, 0.29) is 25.2 Å². The summed E-state index contributed by atoms with van der Waals surface area (Å²) in [5, 5.41) is 9.06. The quantitative estimate of drug-likeness (QED) is 0.842. The van der Waals surface area contributed by atoms with E-state index in [4.69, 9.17) is 14.6 Å². The normalized spacial score (nSPS) is 20.0. The van der Waals surface area contributed by atoms with Crippen molar-refractivity contribution in [3.63, 3.8) is 0 Å². The zero-order valence-electron chi connectivity index (χ0n) is 10.3. The van der Waals surface area contributed by atoms with Gasteiger partial charge in [0.05, 0.1) is 19.8 Å². The minimum atomic E-state index is -0.284. The van der Waals surface area contributed by atoms with Gasteiger partial charge in [-0.3, -0.25) is 4.79 Å². The number of morpholine rings is 1. The van der Waals surface area contributed by atoms with Crippen LogP contribution in [0.15, 0.2) is 24.3 Å². The Morgan fingerprint density at radius 1 is 1.56 bits per heavy atom. The summed E-state index contributed by atoms with van der Waals surface area (Å²) in [7, 11) is 1.61. The van der Waals surface area contributed by atoms with Crippen LogP contribution < -0.4 is 4.74 Å². The van der Waals surface area contributed by atoms with E-state index in [1.54, 1.807) is 12.0 Å². The van der Waals surface area contributed by atoms with Crippen molar-refractivity contribution in [2.45, 2.75) is 12.6 Å². The lowest BCUT2D eigenvalue weighted by atomic mass is 10.2. The Labute approximate surface area is 106 Å². The monoisotopic (exact) mass is 251 g/mol.